The molecule has 1 aromatic carbocycles. The number of carbonyl (C=O) groups is 1. The summed E-state index contributed by atoms with van der Waals surface area (Å²) in [5, 5.41) is 9.61. The summed E-state index contributed by atoms with van der Waals surface area (Å²) in [4.78, 5) is 11.7. The molecule has 19 heavy (non-hydrogen) atoms. The van der Waals surface area contributed by atoms with Crippen molar-refractivity contribution in [1.82, 2.24) is 0 Å². The maximum atomic E-state index is 13.0. The lowest BCUT2D eigenvalue weighted by Gasteiger charge is -2.34. The van der Waals surface area contributed by atoms with Crippen LogP contribution in [-0.2, 0) is 16.9 Å². The second-order valence-corrected chi connectivity index (χ2v) is 5.11. The van der Waals surface area contributed by atoms with Gasteiger partial charge in [-0.25, -0.2) is 4.39 Å². The molecule has 2 rings (SSSR count). The molecule has 0 saturated heterocycles. The van der Waals surface area contributed by atoms with Crippen LogP contribution < -0.4 is 4.74 Å². The van der Waals surface area contributed by atoms with Crippen molar-refractivity contribution < 1.29 is 19.0 Å². The van der Waals surface area contributed by atoms with Crippen molar-refractivity contribution in [3.05, 3.63) is 29.3 Å². The predicted molar refractivity (Wildman–Crippen MR) is 70.2 cm³/mol. The normalized spacial score (nSPS) is 18.0. The Morgan fingerprint density at radius 3 is 2.58 bits per heavy atom. The maximum absolute atomic E-state index is 13.0. The van der Waals surface area contributed by atoms with Crippen LogP contribution in [0.4, 0.5) is 4.39 Å². The zero-order valence-electron chi connectivity index (χ0n) is 11.1. The molecule has 0 bridgehead atoms. The second kappa shape index (κ2) is 5.59. The van der Waals surface area contributed by atoms with E-state index in [-0.39, 0.29) is 0 Å². The summed E-state index contributed by atoms with van der Waals surface area (Å²) in [7, 11) is 1.49. The first-order valence-electron chi connectivity index (χ1n) is 6.61. The zero-order valence-corrected chi connectivity index (χ0v) is 11.1. The quantitative estimate of drug-likeness (QED) is 0.908. The molecular weight excluding hydrogens is 247 g/mol. The lowest BCUT2D eigenvalue weighted by molar-refractivity contribution is -0.145. The highest BCUT2D eigenvalue weighted by Gasteiger charge is 2.41. The van der Waals surface area contributed by atoms with Crippen molar-refractivity contribution in [2.45, 2.75) is 44.2 Å². The van der Waals surface area contributed by atoms with Crippen LogP contribution in [0.1, 0.15) is 43.2 Å². The third-order valence-corrected chi connectivity index (χ3v) is 4.09. The van der Waals surface area contributed by atoms with E-state index in [1.54, 1.807) is 18.2 Å². The van der Waals surface area contributed by atoms with Crippen molar-refractivity contribution in [3.8, 4) is 5.75 Å². The summed E-state index contributed by atoms with van der Waals surface area (Å²) in [6.45, 7) is -0.646. The van der Waals surface area contributed by atoms with Gasteiger partial charge in [0, 0.05) is 5.56 Å². The molecule has 0 amide bonds. The highest BCUT2D eigenvalue weighted by molar-refractivity contribution is 5.81. The molecule has 1 fully saturated rings. The van der Waals surface area contributed by atoms with E-state index < -0.39 is 18.1 Å². The van der Waals surface area contributed by atoms with Gasteiger partial charge in [0.2, 0.25) is 0 Å². The number of carboxylic acids is 1. The van der Waals surface area contributed by atoms with Crippen LogP contribution in [0.2, 0.25) is 0 Å². The van der Waals surface area contributed by atoms with Gasteiger partial charge in [-0.15, -0.1) is 0 Å². The van der Waals surface area contributed by atoms with Crippen LogP contribution in [0.3, 0.4) is 0 Å². The van der Waals surface area contributed by atoms with Gasteiger partial charge >= 0.3 is 5.97 Å². The van der Waals surface area contributed by atoms with E-state index in [1.807, 2.05) is 0 Å². The summed E-state index contributed by atoms with van der Waals surface area (Å²) in [6, 6.07) is 5.08. The van der Waals surface area contributed by atoms with E-state index in [9.17, 15) is 14.3 Å². The third-order valence-electron chi connectivity index (χ3n) is 4.09. The van der Waals surface area contributed by atoms with Gasteiger partial charge in [-0.1, -0.05) is 25.3 Å². The van der Waals surface area contributed by atoms with E-state index in [1.165, 1.54) is 7.11 Å². The van der Waals surface area contributed by atoms with Crippen LogP contribution in [-0.4, -0.2) is 18.2 Å². The van der Waals surface area contributed by atoms with Crippen LogP contribution >= 0.6 is 0 Å². The molecule has 1 N–H and O–H groups in total. The molecule has 1 aliphatic rings. The molecule has 3 nitrogen and oxygen atoms in total. The Balaban J connectivity index is 2.45. The summed E-state index contributed by atoms with van der Waals surface area (Å²) in [5.41, 5.74) is 0.272. The number of benzene rings is 1. The standard InChI is InChI=1S/C15H19FO3/c1-19-13-6-5-12(9-11(13)10-16)15(14(17)18)7-3-2-4-8-15/h5-6,9H,2-4,7-8,10H2,1H3,(H,17,18). The second-order valence-electron chi connectivity index (χ2n) is 5.11. The summed E-state index contributed by atoms with van der Waals surface area (Å²) in [6.07, 6.45) is 4.13. The predicted octanol–water partition coefficient (Wildman–Crippen LogP) is 3.45. The molecule has 0 radical (unpaired) electrons. The molecule has 104 valence electrons. The number of rotatable bonds is 4. The number of methoxy groups -OCH3 is 1. The first kappa shape index (κ1) is 13.8. The van der Waals surface area contributed by atoms with Crippen LogP contribution in [0.15, 0.2) is 18.2 Å². The van der Waals surface area contributed by atoms with Gasteiger partial charge in [-0.3, -0.25) is 4.79 Å². The Bertz CT molecular complexity index is 464. The van der Waals surface area contributed by atoms with Crippen LogP contribution in [0.25, 0.3) is 0 Å². The van der Waals surface area contributed by atoms with Crippen LogP contribution in [0.5, 0.6) is 5.75 Å². The molecule has 0 heterocycles. The zero-order chi connectivity index (χ0) is 13.9. The Kier molecular flexibility index (Phi) is 4.08. The molecule has 1 saturated carbocycles. The van der Waals surface area contributed by atoms with E-state index in [0.29, 0.717) is 29.7 Å². The Morgan fingerprint density at radius 2 is 2.05 bits per heavy atom. The highest BCUT2D eigenvalue weighted by Crippen LogP contribution is 2.41. The van der Waals surface area contributed by atoms with Gasteiger partial charge in [0.1, 0.15) is 12.4 Å². The average Bonchev–Trinajstić information content (AvgIpc) is 2.47. The van der Waals surface area contributed by atoms with Gasteiger partial charge < -0.3 is 9.84 Å². The summed E-state index contributed by atoms with van der Waals surface area (Å²) >= 11 is 0. The fraction of sp³-hybridized carbons (Fsp3) is 0.533. The third kappa shape index (κ3) is 2.44. The van der Waals surface area contributed by atoms with E-state index in [0.717, 1.165) is 19.3 Å². The van der Waals surface area contributed by atoms with Gasteiger partial charge in [0.25, 0.3) is 0 Å². The Labute approximate surface area is 112 Å². The van der Waals surface area contributed by atoms with Gasteiger partial charge in [0.05, 0.1) is 12.5 Å². The lowest BCUT2D eigenvalue weighted by atomic mass is 9.69. The highest BCUT2D eigenvalue weighted by atomic mass is 19.1. The van der Waals surface area contributed by atoms with Gasteiger partial charge in [-0.05, 0) is 30.5 Å². The van der Waals surface area contributed by atoms with E-state index >= 15 is 0 Å². The number of alkyl halides is 1. The molecule has 4 heteroatoms. The molecular formula is C15H19FO3. The fourth-order valence-corrected chi connectivity index (χ4v) is 2.96. The van der Waals surface area contributed by atoms with Crippen molar-refractivity contribution >= 4 is 5.97 Å². The SMILES string of the molecule is COc1ccc(C2(C(=O)O)CCCCC2)cc1CF. The molecule has 0 spiro atoms. The smallest absolute Gasteiger partial charge is 0.314 e. The van der Waals surface area contributed by atoms with Gasteiger partial charge in [-0.2, -0.15) is 0 Å². The lowest BCUT2D eigenvalue weighted by Crippen LogP contribution is -2.37. The Morgan fingerprint density at radius 1 is 1.37 bits per heavy atom. The van der Waals surface area contributed by atoms with E-state index in [2.05, 4.69) is 0 Å². The average molecular weight is 266 g/mol. The van der Waals surface area contributed by atoms with Crippen molar-refractivity contribution in [2.24, 2.45) is 0 Å². The Hall–Kier alpha value is -1.58. The molecule has 0 unspecified atom stereocenters. The number of carboxylic acid groups (broad SMARTS) is 1. The first-order valence-corrected chi connectivity index (χ1v) is 6.61. The van der Waals surface area contributed by atoms with Crippen molar-refractivity contribution in [1.29, 1.82) is 0 Å². The molecule has 0 aromatic heterocycles. The molecule has 1 aliphatic carbocycles. The van der Waals surface area contributed by atoms with Crippen molar-refractivity contribution in [2.75, 3.05) is 7.11 Å². The number of hydrogen-bond donors (Lipinski definition) is 1. The molecule has 0 aliphatic heterocycles. The summed E-state index contributed by atoms with van der Waals surface area (Å²) < 4.78 is 18.1. The minimum absolute atomic E-state index is 0.422. The minimum atomic E-state index is -0.853. The number of hydrogen-bond acceptors (Lipinski definition) is 2. The molecule has 1 aromatic rings. The maximum Gasteiger partial charge on any atom is 0.314 e. The topological polar surface area (TPSA) is 46.5 Å². The first-order chi connectivity index (χ1) is 9.14. The number of halogens is 1. The largest absolute Gasteiger partial charge is 0.496 e. The minimum Gasteiger partial charge on any atom is -0.496 e. The van der Waals surface area contributed by atoms with Crippen LogP contribution in [0, 0.1) is 0 Å². The van der Waals surface area contributed by atoms with Crippen molar-refractivity contribution in [3.63, 3.8) is 0 Å². The van der Waals surface area contributed by atoms with Gasteiger partial charge in [0.15, 0.2) is 0 Å². The number of aliphatic carboxylic acids is 1. The number of ether oxygens (including phenoxy) is 1. The molecule has 0 atom stereocenters. The summed E-state index contributed by atoms with van der Waals surface area (Å²) in [5.74, 6) is -0.329. The van der Waals surface area contributed by atoms with E-state index in [4.69, 9.17) is 4.74 Å². The monoisotopic (exact) mass is 266 g/mol. The fourth-order valence-electron chi connectivity index (χ4n) is 2.96.